The number of nitrogens with two attached hydrogens (primary N) is 1. The zero-order valence-electron chi connectivity index (χ0n) is 12.6. The van der Waals surface area contributed by atoms with E-state index in [1.807, 2.05) is 6.07 Å². The van der Waals surface area contributed by atoms with Gasteiger partial charge in [0.15, 0.2) is 0 Å². The Balaban J connectivity index is 1.94. The van der Waals surface area contributed by atoms with Crippen LogP contribution in [0.1, 0.15) is 17.9 Å². The van der Waals surface area contributed by atoms with Gasteiger partial charge in [0.25, 0.3) is 0 Å². The van der Waals surface area contributed by atoms with Crippen molar-refractivity contribution in [2.75, 3.05) is 4.90 Å². The largest absolute Gasteiger partial charge is 0.274 e. The Morgan fingerprint density at radius 1 is 1.00 bits per heavy atom. The van der Waals surface area contributed by atoms with Crippen LogP contribution in [-0.2, 0) is 19.6 Å². The van der Waals surface area contributed by atoms with Gasteiger partial charge < -0.3 is 0 Å². The van der Waals surface area contributed by atoms with Crippen LogP contribution in [0.4, 0.5) is 5.69 Å². The van der Waals surface area contributed by atoms with Gasteiger partial charge in [0.1, 0.15) is 0 Å². The molecule has 2 N–H and O–H groups in total. The SMILES string of the molecule is NS(=O)(=O)c1ccc(N2C(=O)CC(c3cc(Br)cc(Br)c3)C2=O)cc1. The number of amides is 2. The predicted molar refractivity (Wildman–Crippen MR) is 99.5 cm³/mol. The monoisotopic (exact) mass is 486 g/mol. The molecule has 1 saturated heterocycles. The molecule has 3 rings (SSSR count). The molecule has 9 heteroatoms. The average Bonchev–Trinajstić information content (AvgIpc) is 2.80. The number of anilines is 1. The van der Waals surface area contributed by atoms with E-state index in [0.29, 0.717) is 5.69 Å². The number of carbonyl (C=O) groups is 2. The zero-order chi connectivity index (χ0) is 18.4. The summed E-state index contributed by atoms with van der Waals surface area (Å²) in [4.78, 5) is 26.1. The van der Waals surface area contributed by atoms with Gasteiger partial charge in [-0.3, -0.25) is 14.5 Å². The van der Waals surface area contributed by atoms with Gasteiger partial charge in [0, 0.05) is 15.4 Å². The molecule has 1 atom stereocenters. The van der Waals surface area contributed by atoms with E-state index in [2.05, 4.69) is 31.9 Å². The number of rotatable bonds is 3. The summed E-state index contributed by atoms with van der Waals surface area (Å²) in [6, 6.07) is 10.8. The van der Waals surface area contributed by atoms with Crippen molar-refractivity contribution in [3.63, 3.8) is 0 Å². The molecule has 1 heterocycles. The molecule has 2 aromatic carbocycles. The minimum Gasteiger partial charge on any atom is -0.274 e. The van der Waals surface area contributed by atoms with Crippen LogP contribution in [0.15, 0.2) is 56.3 Å². The Morgan fingerprint density at radius 2 is 1.56 bits per heavy atom. The first-order chi connectivity index (χ1) is 11.7. The summed E-state index contributed by atoms with van der Waals surface area (Å²) in [6.07, 6.45) is 0.0542. The molecule has 0 aliphatic carbocycles. The lowest BCUT2D eigenvalue weighted by Gasteiger charge is -2.15. The van der Waals surface area contributed by atoms with E-state index in [4.69, 9.17) is 5.14 Å². The van der Waals surface area contributed by atoms with E-state index in [-0.39, 0.29) is 23.1 Å². The maximum absolute atomic E-state index is 12.8. The molecule has 1 aliphatic heterocycles. The summed E-state index contributed by atoms with van der Waals surface area (Å²) >= 11 is 6.75. The normalized spacial score (nSPS) is 18.0. The molecule has 130 valence electrons. The predicted octanol–water partition coefficient (Wildman–Crippen LogP) is 2.91. The second-order valence-electron chi connectivity index (χ2n) is 5.57. The lowest BCUT2D eigenvalue weighted by molar-refractivity contribution is -0.121. The minimum absolute atomic E-state index is 0.0542. The maximum atomic E-state index is 12.8. The highest BCUT2D eigenvalue weighted by atomic mass is 79.9. The van der Waals surface area contributed by atoms with Crippen molar-refractivity contribution in [2.45, 2.75) is 17.2 Å². The standard InChI is InChI=1S/C16H12Br2N2O4S/c17-10-5-9(6-11(18)7-10)14-8-15(21)20(16(14)22)12-1-3-13(4-2-12)25(19,23)24/h1-7,14H,8H2,(H2,19,23,24). The fourth-order valence-electron chi connectivity index (χ4n) is 2.72. The summed E-state index contributed by atoms with van der Waals surface area (Å²) in [7, 11) is -3.83. The molecule has 1 aliphatic rings. The smallest absolute Gasteiger partial charge is 0.241 e. The number of hydrogen-bond acceptors (Lipinski definition) is 4. The minimum atomic E-state index is -3.83. The Morgan fingerprint density at radius 3 is 2.08 bits per heavy atom. The van der Waals surface area contributed by atoms with Crippen LogP contribution in [0.25, 0.3) is 0 Å². The number of sulfonamides is 1. The molecule has 2 aromatic rings. The number of halogens is 2. The highest BCUT2D eigenvalue weighted by Crippen LogP contribution is 2.35. The van der Waals surface area contributed by atoms with Crippen molar-refractivity contribution in [3.8, 4) is 0 Å². The van der Waals surface area contributed by atoms with Crippen molar-refractivity contribution in [1.82, 2.24) is 0 Å². The summed E-state index contributed by atoms with van der Waals surface area (Å²) in [5, 5.41) is 5.06. The highest BCUT2D eigenvalue weighted by Gasteiger charge is 2.40. The lowest BCUT2D eigenvalue weighted by Crippen LogP contribution is -2.30. The summed E-state index contributed by atoms with van der Waals surface area (Å²) in [5.74, 6) is -1.27. The van der Waals surface area contributed by atoms with Gasteiger partial charge in [-0.15, -0.1) is 0 Å². The third kappa shape index (κ3) is 3.69. The van der Waals surface area contributed by atoms with E-state index in [1.165, 1.54) is 24.3 Å². The van der Waals surface area contributed by atoms with Gasteiger partial charge >= 0.3 is 0 Å². The van der Waals surface area contributed by atoms with E-state index < -0.39 is 15.9 Å². The van der Waals surface area contributed by atoms with E-state index >= 15 is 0 Å². The molecule has 0 radical (unpaired) electrons. The fourth-order valence-corrected chi connectivity index (χ4v) is 4.57. The Labute approximate surface area is 161 Å². The Hall–Kier alpha value is -1.55. The Bertz CT molecular complexity index is 954. The molecule has 2 amide bonds. The second-order valence-corrected chi connectivity index (χ2v) is 8.96. The zero-order valence-corrected chi connectivity index (χ0v) is 16.6. The quantitative estimate of drug-likeness (QED) is 0.673. The highest BCUT2D eigenvalue weighted by molar-refractivity contribution is 9.11. The Kier molecular flexibility index (Phi) is 4.84. The van der Waals surface area contributed by atoms with Crippen LogP contribution in [0, 0.1) is 0 Å². The fraction of sp³-hybridized carbons (Fsp3) is 0.125. The number of nitrogens with zero attached hydrogens (tertiary/aromatic N) is 1. The van der Waals surface area contributed by atoms with Crippen LogP contribution >= 0.6 is 31.9 Å². The molecular weight excluding hydrogens is 476 g/mol. The van der Waals surface area contributed by atoms with Crippen LogP contribution in [0.2, 0.25) is 0 Å². The van der Waals surface area contributed by atoms with Gasteiger partial charge in [-0.05, 0) is 48.0 Å². The number of primary sulfonamides is 1. The topological polar surface area (TPSA) is 97.5 Å². The molecule has 6 nitrogen and oxygen atoms in total. The number of carbonyl (C=O) groups excluding carboxylic acids is 2. The van der Waals surface area contributed by atoms with Crippen LogP contribution in [0.5, 0.6) is 0 Å². The van der Waals surface area contributed by atoms with Crippen LogP contribution in [-0.4, -0.2) is 20.2 Å². The number of hydrogen-bond donors (Lipinski definition) is 1. The third-order valence-corrected chi connectivity index (χ3v) is 5.70. The van der Waals surface area contributed by atoms with Crippen LogP contribution < -0.4 is 10.0 Å². The average molecular weight is 488 g/mol. The van der Waals surface area contributed by atoms with Crippen molar-refractivity contribution < 1.29 is 18.0 Å². The first-order valence-corrected chi connectivity index (χ1v) is 10.3. The van der Waals surface area contributed by atoms with Gasteiger partial charge in [-0.25, -0.2) is 13.6 Å². The molecule has 0 aromatic heterocycles. The summed E-state index contributed by atoms with van der Waals surface area (Å²) in [5.41, 5.74) is 1.04. The first-order valence-electron chi connectivity index (χ1n) is 7.12. The van der Waals surface area contributed by atoms with Crippen molar-refractivity contribution in [2.24, 2.45) is 5.14 Å². The second kappa shape index (κ2) is 6.64. The van der Waals surface area contributed by atoms with Gasteiger partial charge in [0.2, 0.25) is 21.8 Å². The third-order valence-electron chi connectivity index (χ3n) is 3.86. The first kappa shape index (κ1) is 18.2. The molecule has 0 saturated carbocycles. The molecular formula is C16H12Br2N2O4S. The van der Waals surface area contributed by atoms with E-state index in [9.17, 15) is 18.0 Å². The summed E-state index contributed by atoms with van der Waals surface area (Å²) in [6.45, 7) is 0. The van der Waals surface area contributed by atoms with E-state index in [0.717, 1.165) is 19.4 Å². The van der Waals surface area contributed by atoms with Crippen molar-refractivity contribution in [1.29, 1.82) is 0 Å². The molecule has 0 bridgehead atoms. The van der Waals surface area contributed by atoms with Crippen LogP contribution in [0.3, 0.4) is 0 Å². The van der Waals surface area contributed by atoms with Crippen molar-refractivity contribution in [3.05, 3.63) is 57.0 Å². The molecule has 0 spiro atoms. The summed E-state index contributed by atoms with van der Waals surface area (Å²) < 4.78 is 24.2. The van der Waals surface area contributed by atoms with Gasteiger partial charge in [0.05, 0.1) is 16.5 Å². The lowest BCUT2D eigenvalue weighted by atomic mass is 9.98. The van der Waals surface area contributed by atoms with Crippen molar-refractivity contribution >= 4 is 59.4 Å². The van der Waals surface area contributed by atoms with E-state index in [1.54, 1.807) is 12.1 Å². The molecule has 1 unspecified atom stereocenters. The number of benzene rings is 2. The molecule has 25 heavy (non-hydrogen) atoms. The van der Waals surface area contributed by atoms with Gasteiger partial charge in [-0.2, -0.15) is 0 Å². The number of imide groups is 1. The molecule has 1 fully saturated rings. The van der Waals surface area contributed by atoms with Gasteiger partial charge in [-0.1, -0.05) is 31.9 Å². The maximum Gasteiger partial charge on any atom is 0.241 e.